The van der Waals surface area contributed by atoms with Crippen molar-refractivity contribution in [3.8, 4) is 0 Å². The summed E-state index contributed by atoms with van der Waals surface area (Å²) in [5, 5.41) is 13.6. The van der Waals surface area contributed by atoms with Crippen LogP contribution in [-0.4, -0.2) is 16.9 Å². The quantitative estimate of drug-likeness (QED) is 0.382. The number of hydrogen-bond acceptors (Lipinski definition) is 3. The van der Waals surface area contributed by atoms with Crippen molar-refractivity contribution in [3.05, 3.63) is 106 Å². The monoisotopic (exact) mass is 547 g/mol. The molecule has 0 spiro atoms. The van der Waals surface area contributed by atoms with E-state index >= 15 is 0 Å². The molecule has 0 saturated carbocycles. The van der Waals surface area contributed by atoms with Crippen molar-refractivity contribution in [2.45, 2.75) is 72.6 Å². The van der Waals surface area contributed by atoms with Crippen LogP contribution < -0.4 is 5.32 Å². The summed E-state index contributed by atoms with van der Waals surface area (Å²) in [4.78, 5) is 27.1. The van der Waals surface area contributed by atoms with Crippen LogP contribution in [-0.2, 0) is 16.0 Å². The average Bonchev–Trinajstić information content (AvgIpc) is 3.05. The van der Waals surface area contributed by atoms with Crippen LogP contribution in [0.3, 0.4) is 0 Å². The fraction of sp³-hybridized carbons (Fsp3) is 0.405. The van der Waals surface area contributed by atoms with Crippen molar-refractivity contribution in [1.29, 1.82) is 0 Å². The lowest BCUT2D eigenvalue weighted by molar-refractivity contribution is -0.123. The molecule has 3 atom stereocenters. The van der Waals surface area contributed by atoms with Crippen LogP contribution in [0.1, 0.15) is 88.5 Å². The van der Waals surface area contributed by atoms with E-state index in [1.54, 1.807) is 0 Å². The normalized spacial score (nSPS) is 27.0. The third-order valence-electron chi connectivity index (χ3n) is 9.67. The smallest absolute Gasteiger partial charge is 0.259 e. The predicted molar refractivity (Wildman–Crippen MR) is 165 cm³/mol. The highest BCUT2D eigenvalue weighted by Crippen LogP contribution is 2.52. The molecule has 1 heterocycles. The topological polar surface area (TPSA) is 66.4 Å². The summed E-state index contributed by atoms with van der Waals surface area (Å²) in [5.41, 5.74) is 6.84. The molecular weight excluding hydrogens is 506 g/mol. The summed E-state index contributed by atoms with van der Waals surface area (Å²) in [6.45, 7) is 10.9. The largest absolute Gasteiger partial charge is 0.512 e. The highest BCUT2D eigenvalue weighted by molar-refractivity contribution is 6.32. The van der Waals surface area contributed by atoms with E-state index in [4.69, 9.17) is 0 Å². The number of rotatable bonds is 3. The van der Waals surface area contributed by atoms with Gasteiger partial charge < -0.3 is 5.11 Å². The fourth-order valence-electron chi connectivity index (χ4n) is 7.68. The molecular formula is C37H41NO3. The van der Waals surface area contributed by atoms with Crippen LogP contribution in [0.2, 0.25) is 0 Å². The summed E-state index contributed by atoms with van der Waals surface area (Å²) >= 11 is 0. The second-order valence-corrected chi connectivity index (χ2v) is 13.9. The zero-order valence-electron chi connectivity index (χ0n) is 24.9. The van der Waals surface area contributed by atoms with Gasteiger partial charge in [0.25, 0.3) is 11.8 Å². The number of aryl methyl sites for hydroxylation is 1. The number of nitrogens with one attached hydrogen (secondary N) is 1. The van der Waals surface area contributed by atoms with Crippen LogP contribution in [0.25, 0.3) is 11.1 Å². The van der Waals surface area contributed by atoms with Crippen molar-refractivity contribution < 1.29 is 14.7 Å². The van der Waals surface area contributed by atoms with Crippen LogP contribution in [0.5, 0.6) is 0 Å². The zero-order valence-corrected chi connectivity index (χ0v) is 24.9. The first kappa shape index (κ1) is 27.5. The number of aliphatic hydroxyl groups excluding tert-OH is 1. The zero-order chi connectivity index (χ0) is 29.1. The third kappa shape index (κ3) is 4.92. The molecule has 0 radical (unpaired) electrons. The molecule has 4 heteroatoms. The molecule has 2 aromatic carbocycles. The minimum absolute atomic E-state index is 0.120. The molecule has 0 aromatic heterocycles. The Hall–Kier alpha value is -3.66. The van der Waals surface area contributed by atoms with Crippen LogP contribution in [0.4, 0.5) is 0 Å². The van der Waals surface area contributed by atoms with Gasteiger partial charge in [-0.15, -0.1) is 0 Å². The van der Waals surface area contributed by atoms with Gasteiger partial charge >= 0.3 is 0 Å². The fourth-order valence-corrected chi connectivity index (χ4v) is 7.68. The molecule has 3 aliphatic carbocycles. The summed E-state index contributed by atoms with van der Waals surface area (Å²) in [7, 11) is 0. The molecule has 3 unspecified atom stereocenters. The average molecular weight is 548 g/mol. The van der Waals surface area contributed by atoms with E-state index in [2.05, 4.69) is 82.4 Å². The maximum absolute atomic E-state index is 13.6. The molecule has 1 aliphatic heterocycles. The molecule has 0 fully saturated rings. The number of aliphatic hydroxyl groups is 1. The van der Waals surface area contributed by atoms with Gasteiger partial charge in [0.1, 0.15) is 0 Å². The number of fused-ring (bicyclic) bond motifs is 2. The van der Waals surface area contributed by atoms with Crippen molar-refractivity contribution in [3.63, 3.8) is 0 Å². The molecule has 2 aromatic rings. The summed E-state index contributed by atoms with van der Waals surface area (Å²) < 4.78 is 0. The van der Waals surface area contributed by atoms with Gasteiger partial charge in [-0.1, -0.05) is 95.3 Å². The van der Waals surface area contributed by atoms with Gasteiger partial charge in [-0.05, 0) is 94.7 Å². The highest BCUT2D eigenvalue weighted by Gasteiger charge is 2.42. The van der Waals surface area contributed by atoms with Crippen LogP contribution >= 0.6 is 0 Å². The van der Waals surface area contributed by atoms with E-state index in [0.29, 0.717) is 28.7 Å². The Labute approximate surface area is 243 Å². The van der Waals surface area contributed by atoms with Gasteiger partial charge in [-0.3, -0.25) is 14.9 Å². The molecule has 2 N–H and O–H groups in total. The summed E-state index contributed by atoms with van der Waals surface area (Å²) in [5.74, 6) is 0.755. The Morgan fingerprint density at radius 2 is 1.51 bits per heavy atom. The Kier molecular flexibility index (Phi) is 6.71. The second-order valence-electron chi connectivity index (χ2n) is 13.9. The number of carbonyl (C=O) groups excluding carboxylic acids is 2. The number of allylic oxidation sites excluding steroid dienone is 4. The molecule has 212 valence electrons. The number of benzene rings is 2. The van der Waals surface area contributed by atoms with Crippen LogP contribution in [0, 0.1) is 22.7 Å². The second kappa shape index (κ2) is 10.0. The van der Waals surface area contributed by atoms with Crippen LogP contribution in [0.15, 0.2) is 83.7 Å². The van der Waals surface area contributed by atoms with Gasteiger partial charge in [0.05, 0.1) is 16.9 Å². The Morgan fingerprint density at radius 1 is 0.854 bits per heavy atom. The number of imide groups is 1. The van der Waals surface area contributed by atoms with Crippen molar-refractivity contribution in [2.75, 3.05) is 0 Å². The Morgan fingerprint density at radius 3 is 2.27 bits per heavy atom. The van der Waals surface area contributed by atoms with Gasteiger partial charge in [-0.25, -0.2) is 0 Å². The number of amides is 2. The van der Waals surface area contributed by atoms with Gasteiger partial charge in [0.15, 0.2) is 0 Å². The SMILES string of the molecule is CC1C=C(C2=C(C3=CCC(C4CC(C)(C)C=C(O)C(C)(C)C4)c4ccccc43)C(=O)NC2=O)c2ccccc2CC1. The van der Waals surface area contributed by atoms with Gasteiger partial charge in [0.2, 0.25) is 0 Å². The molecule has 4 nitrogen and oxygen atoms in total. The molecule has 0 bridgehead atoms. The third-order valence-corrected chi connectivity index (χ3v) is 9.67. The molecule has 2 amide bonds. The molecule has 41 heavy (non-hydrogen) atoms. The first-order valence-corrected chi connectivity index (χ1v) is 15.1. The van der Waals surface area contributed by atoms with E-state index in [-0.39, 0.29) is 28.6 Å². The van der Waals surface area contributed by atoms with E-state index < -0.39 is 0 Å². The van der Waals surface area contributed by atoms with Crippen molar-refractivity contribution in [2.24, 2.45) is 22.7 Å². The lowest BCUT2D eigenvalue weighted by atomic mass is 9.67. The number of hydrogen-bond donors (Lipinski definition) is 2. The summed E-state index contributed by atoms with van der Waals surface area (Å²) in [6.07, 6.45) is 11.0. The van der Waals surface area contributed by atoms with E-state index in [9.17, 15) is 14.7 Å². The standard InChI is InChI=1S/C37H41NO3/c1-22-14-15-23-10-6-7-11-25(23)30(18-22)33-32(34(40)38-35(33)41)29-17-16-26(27-12-8-9-13-28(27)29)24-19-36(2,3)21-31(39)37(4,5)20-24/h6-13,17-18,21-22,24,26,39H,14-16,19-20H2,1-5H3,(H,38,40,41). The first-order chi connectivity index (χ1) is 19.4. The maximum Gasteiger partial charge on any atom is 0.259 e. The first-order valence-electron chi connectivity index (χ1n) is 15.1. The lowest BCUT2D eigenvalue weighted by Gasteiger charge is -2.37. The molecule has 0 saturated heterocycles. The minimum Gasteiger partial charge on any atom is -0.512 e. The maximum atomic E-state index is 13.6. The van der Waals surface area contributed by atoms with Gasteiger partial charge in [-0.2, -0.15) is 0 Å². The predicted octanol–water partition coefficient (Wildman–Crippen LogP) is 8.08. The molecule has 4 aliphatic rings. The summed E-state index contributed by atoms with van der Waals surface area (Å²) in [6, 6.07) is 16.7. The minimum atomic E-state index is -0.314. The highest BCUT2D eigenvalue weighted by atomic mass is 16.3. The van der Waals surface area contributed by atoms with E-state index in [1.807, 2.05) is 24.3 Å². The van der Waals surface area contributed by atoms with Gasteiger partial charge in [0, 0.05) is 5.41 Å². The molecule has 6 rings (SSSR count). The van der Waals surface area contributed by atoms with Crippen molar-refractivity contribution >= 4 is 23.0 Å². The number of carbonyl (C=O) groups is 2. The Balaban J connectivity index is 1.48. The van der Waals surface area contributed by atoms with E-state index in [0.717, 1.165) is 54.4 Å². The lowest BCUT2D eigenvalue weighted by Crippen LogP contribution is -2.26. The van der Waals surface area contributed by atoms with E-state index in [1.165, 1.54) is 11.1 Å². The van der Waals surface area contributed by atoms with Crippen molar-refractivity contribution in [1.82, 2.24) is 5.32 Å². The Bertz CT molecular complexity index is 1560.